The van der Waals surface area contributed by atoms with E-state index in [1.807, 2.05) is 0 Å². The summed E-state index contributed by atoms with van der Waals surface area (Å²) in [5, 5.41) is 2.91. The van der Waals surface area contributed by atoms with Crippen LogP contribution >= 0.6 is 0 Å². The predicted octanol–water partition coefficient (Wildman–Crippen LogP) is 0.342. The van der Waals surface area contributed by atoms with Crippen LogP contribution in [0, 0.1) is 0 Å². The summed E-state index contributed by atoms with van der Waals surface area (Å²) in [6.45, 7) is 4.63. The Morgan fingerprint density at radius 2 is 2.11 bits per heavy atom. The molecule has 1 atom stereocenters. The monoisotopic (exact) mass is 257 g/mol. The first-order chi connectivity index (χ1) is 8.74. The van der Waals surface area contributed by atoms with Crippen molar-refractivity contribution in [3.8, 4) is 0 Å². The second-order valence-corrected chi connectivity index (χ2v) is 4.93. The van der Waals surface area contributed by atoms with Crippen molar-refractivity contribution in [3.63, 3.8) is 0 Å². The molecule has 1 rings (SSSR count). The lowest BCUT2D eigenvalue weighted by molar-refractivity contribution is -0.122. The van der Waals surface area contributed by atoms with E-state index in [0.717, 1.165) is 26.1 Å². The highest BCUT2D eigenvalue weighted by Crippen LogP contribution is 2.07. The van der Waals surface area contributed by atoms with Crippen molar-refractivity contribution >= 4 is 5.91 Å². The van der Waals surface area contributed by atoms with Gasteiger partial charge >= 0.3 is 0 Å². The maximum Gasteiger partial charge on any atom is 0.236 e. The van der Waals surface area contributed by atoms with Gasteiger partial charge < -0.3 is 20.7 Å². The maximum absolute atomic E-state index is 11.7. The summed E-state index contributed by atoms with van der Waals surface area (Å²) < 4.78 is 4.94. The van der Waals surface area contributed by atoms with E-state index in [1.54, 1.807) is 7.11 Å². The largest absolute Gasteiger partial charge is 0.385 e. The lowest BCUT2D eigenvalue weighted by Crippen LogP contribution is -2.44. The Bertz CT molecular complexity index is 230. The van der Waals surface area contributed by atoms with Crippen molar-refractivity contribution in [1.82, 2.24) is 10.2 Å². The quantitative estimate of drug-likeness (QED) is 0.615. The highest BCUT2D eigenvalue weighted by molar-refractivity contribution is 5.81. The molecule has 0 spiro atoms. The third kappa shape index (κ3) is 6.33. The highest BCUT2D eigenvalue weighted by Gasteiger charge is 2.13. The summed E-state index contributed by atoms with van der Waals surface area (Å²) in [5.41, 5.74) is 5.80. The van der Waals surface area contributed by atoms with Gasteiger partial charge in [0.25, 0.3) is 0 Å². The second kappa shape index (κ2) is 9.30. The molecule has 1 aliphatic rings. The van der Waals surface area contributed by atoms with Gasteiger partial charge in [-0.15, -0.1) is 0 Å². The maximum atomic E-state index is 11.7. The van der Waals surface area contributed by atoms with Crippen molar-refractivity contribution in [2.45, 2.75) is 38.1 Å². The number of piperidine rings is 1. The first-order valence-corrected chi connectivity index (χ1v) is 6.98. The van der Waals surface area contributed by atoms with Crippen LogP contribution in [0.25, 0.3) is 0 Å². The number of nitrogens with two attached hydrogens (primary N) is 1. The van der Waals surface area contributed by atoms with Crippen molar-refractivity contribution in [3.05, 3.63) is 0 Å². The average molecular weight is 257 g/mol. The van der Waals surface area contributed by atoms with Gasteiger partial charge in [0.1, 0.15) is 0 Å². The van der Waals surface area contributed by atoms with E-state index in [4.69, 9.17) is 10.5 Å². The molecule has 0 radical (unpaired) electrons. The molecule has 18 heavy (non-hydrogen) atoms. The minimum atomic E-state index is -0.401. The zero-order valence-electron chi connectivity index (χ0n) is 11.5. The van der Waals surface area contributed by atoms with Gasteiger partial charge in [0.05, 0.1) is 6.04 Å². The number of nitrogens with zero attached hydrogens (tertiary/aromatic N) is 1. The average Bonchev–Trinajstić information content (AvgIpc) is 2.40. The molecule has 0 saturated carbocycles. The van der Waals surface area contributed by atoms with Crippen LogP contribution in [-0.4, -0.2) is 56.7 Å². The summed E-state index contributed by atoms with van der Waals surface area (Å²) in [6, 6.07) is -0.401. The van der Waals surface area contributed by atoms with Gasteiger partial charge in [0, 0.05) is 26.8 Å². The van der Waals surface area contributed by atoms with Gasteiger partial charge in [0.15, 0.2) is 0 Å². The van der Waals surface area contributed by atoms with Crippen molar-refractivity contribution in [2.75, 3.05) is 39.9 Å². The van der Waals surface area contributed by atoms with Crippen molar-refractivity contribution in [2.24, 2.45) is 5.73 Å². The number of hydrogen-bond donors (Lipinski definition) is 2. The van der Waals surface area contributed by atoms with Gasteiger partial charge in [-0.1, -0.05) is 6.42 Å². The molecule has 3 N–H and O–H groups in total. The summed E-state index contributed by atoms with van der Waals surface area (Å²) >= 11 is 0. The number of amides is 1. The topological polar surface area (TPSA) is 67.6 Å². The smallest absolute Gasteiger partial charge is 0.236 e. The fourth-order valence-corrected chi connectivity index (χ4v) is 2.23. The molecule has 0 bridgehead atoms. The minimum absolute atomic E-state index is 0.0388. The van der Waals surface area contributed by atoms with Crippen LogP contribution in [0.15, 0.2) is 0 Å². The molecule has 0 aliphatic carbocycles. The van der Waals surface area contributed by atoms with Crippen LogP contribution in [-0.2, 0) is 9.53 Å². The number of carbonyl (C=O) groups excluding carboxylic acids is 1. The molecule has 1 fully saturated rings. The molecule has 106 valence electrons. The fraction of sp³-hybridized carbons (Fsp3) is 0.923. The number of carbonyl (C=O) groups is 1. The van der Waals surface area contributed by atoms with Crippen LogP contribution in [0.2, 0.25) is 0 Å². The third-order valence-electron chi connectivity index (χ3n) is 3.38. The molecule has 0 aromatic rings. The Labute approximate surface area is 110 Å². The van der Waals surface area contributed by atoms with Gasteiger partial charge in [0.2, 0.25) is 5.91 Å². The summed E-state index contributed by atoms with van der Waals surface area (Å²) in [7, 11) is 1.66. The number of likely N-dealkylation sites (tertiary alicyclic amines) is 1. The number of hydrogen-bond acceptors (Lipinski definition) is 4. The molecule has 1 heterocycles. The van der Waals surface area contributed by atoms with E-state index in [9.17, 15) is 4.79 Å². The fourth-order valence-electron chi connectivity index (χ4n) is 2.23. The van der Waals surface area contributed by atoms with E-state index < -0.39 is 6.04 Å². The number of rotatable bonds is 8. The van der Waals surface area contributed by atoms with Gasteiger partial charge in [-0.25, -0.2) is 0 Å². The summed E-state index contributed by atoms with van der Waals surface area (Å²) in [4.78, 5) is 14.1. The Kier molecular flexibility index (Phi) is 7.96. The molecule has 5 heteroatoms. The second-order valence-electron chi connectivity index (χ2n) is 4.93. The lowest BCUT2D eigenvalue weighted by Gasteiger charge is -2.26. The molecule has 5 nitrogen and oxygen atoms in total. The van der Waals surface area contributed by atoms with Crippen LogP contribution in [0.5, 0.6) is 0 Å². The SMILES string of the molecule is COCCCC(N)C(=O)NCCN1CCCCC1. The third-order valence-corrected chi connectivity index (χ3v) is 3.38. The highest BCUT2D eigenvalue weighted by atomic mass is 16.5. The van der Waals surface area contributed by atoms with Crippen molar-refractivity contribution < 1.29 is 9.53 Å². The molecule has 0 aromatic heterocycles. The Morgan fingerprint density at radius 3 is 2.78 bits per heavy atom. The zero-order chi connectivity index (χ0) is 13.2. The van der Waals surface area contributed by atoms with Crippen LogP contribution in [0.3, 0.4) is 0 Å². The Balaban J connectivity index is 2.04. The van der Waals surface area contributed by atoms with E-state index in [2.05, 4.69) is 10.2 Å². The van der Waals surface area contributed by atoms with Gasteiger partial charge in [-0.2, -0.15) is 0 Å². The molecular weight excluding hydrogens is 230 g/mol. The van der Waals surface area contributed by atoms with E-state index >= 15 is 0 Å². The first-order valence-electron chi connectivity index (χ1n) is 6.98. The number of nitrogens with one attached hydrogen (secondary N) is 1. The molecule has 1 aliphatic heterocycles. The van der Waals surface area contributed by atoms with E-state index in [0.29, 0.717) is 19.6 Å². The Morgan fingerprint density at radius 1 is 1.39 bits per heavy atom. The minimum Gasteiger partial charge on any atom is -0.385 e. The molecule has 1 saturated heterocycles. The summed E-state index contributed by atoms with van der Waals surface area (Å²) in [5.74, 6) is -0.0388. The number of methoxy groups -OCH3 is 1. The van der Waals surface area contributed by atoms with E-state index in [-0.39, 0.29) is 5.91 Å². The normalized spacial score (nSPS) is 18.6. The Hall–Kier alpha value is -0.650. The molecule has 1 amide bonds. The first kappa shape index (κ1) is 15.4. The number of ether oxygens (including phenoxy) is 1. The molecular formula is C13H27N3O2. The van der Waals surface area contributed by atoms with Crippen LogP contribution in [0.4, 0.5) is 0 Å². The standard InChI is InChI=1S/C13H27N3O2/c1-18-11-5-6-12(14)13(17)15-7-10-16-8-3-2-4-9-16/h12H,2-11,14H2,1H3,(H,15,17). The predicted molar refractivity (Wildman–Crippen MR) is 72.4 cm³/mol. The van der Waals surface area contributed by atoms with E-state index in [1.165, 1.54) is 19.3 Å². The summed E-state index contributed by atoms with van der Waals surface area (Å²) in [6.07, 6.45) is 5.42. The zero-order valence-corrected chi connectivity index (χ0v) is 11.5. The van der Waals surface area contributed by atoms with Crippen molar-refractivity contribution in [1.29, 1.82) is 0 Å². The van der Waals surface area contributed by atoms with Gasteiger partial charge in [-0.05, 0) is 38.8 Å². The molecule has 1 unspecified atom stereocenters. The van der Waals surface area contributed by atoms with Gasteiger partial charge in [-0.3, -0.25) is 4.79 Å². The molecule has 0 aromatic carbocycles. The lowest BCUT2D eigenvalue weighted by atomic mass is 10.1. The van der Waals surface area contributed by atoms with Crippen LogP contribution in [0.1, 0.15) is 32.1 Å². The van der Waals surface area contributed by atoms with Crippen LogP contribution < -0.4 is 11.1 Å².